The third-order valence-electron chi connectivity index (χ3n) is 7.49. The Kier molecular flexibility index (Phi) is 8.33. The molecule has 2 heterocycles. The molecule has 1 atom stereocenters. The highest BCUT2D eigenvalue weighted by Crippen LogP contribution is 2.42. The SMILES string of the molecule is COc1ccc(CCOc2cc3c(cc2OC)CCN(C(=O)NCc2ccon2)C3c2ccc(C)cc2C)cc1N. The van der Waals surface area contributed by atoms with Crippen molar-refractivity contribution >= 4 is 11.7 Å². The molecule has 3 N–H and O–H groups in total. The van der Waals surface area contributed by atoms with Crippen molar-refractivity contribution in [2.75, 3.05) is 33.1 Å². The number of anilines is 1. The Morgan fingerprint density at radius 1 is 1.02 bits per heavy atom. The fourth-order valence-electron chi connectivity index (χ4n) is 5.40. The van der Waals surface area contributed by atoms with Gasteiger partial charge in [0.1, 0.15) is 17.7 Å². The number of nitrogens with one attached hydrogen (secondary N) is 1. The van der Waals surface area contributed by atoms with E-state index >= 15 is 0 Å². The van der Waals surface area contributed by atoms with Gasteiger partial charge >= 0.3 is 6.03 Å². The summed E-state index contributed by atoms with van der Waals surface area (Å²) in [5.41, 5.74) is 13.9. The van der Waals surface area contributed by atoms with Crippen LogP contribution in [0.25, 0.3) is 0 Å². The van der Waals surface area contributed by atoms with Gasteiger partial charge in [0.25, 0.3) is 0 Å². The van der Waals surface area contributed by atoms with Gasteiger partial charge in [-0.2, -0.15) is 0 Å². The van der Waals surface area contributed by atoms with E-state index in [-0.39, 0.29) is 18.6 Å². The fraction of sp³-hybridized carbons (Fsp3) is 0.312. The maximum atomic E-state index is 13.6. The molecule has 1 aromatic heterocycles. The van der Waals surface area contributed by atoms with E-state index in [1.165, 1.54) is 11.8 Å². The van der Waals surface area contributed by atoms with E-state index in [1.54, 1.807) is 20.3 Å². The third-order valence-corrected chi connectivity index (χ3v) is 7.49. The minimum atomic E-state index is -0.300. The van der Waals surface area contributed by atoms with Gasteiger partial charge in [0.05, 0.1) is 39.1 Å². The lowest BCUT2D eigenvalue weighted by Gasteiger charge is -2.38. The van der Waals surface area contributed by atoms with Gasteiger partial charge in [0.2, 0.25) is 0 Å². The van der Waals surface area contributed by atoms with Crippen molar-refractivity contribution in [2.24, 2.45) is 0 Å². The lowest BCUT2D eigenvalue weighted by atomic mass is 9.85. The maximum Gasteiger partial charge on any atom is 0.318 e. The number of benzene rings is 3. The Morgan fingerprint density at radius 2 is 1.85 bits per heavy atom. The molecule has 0 spiro atoms. The summed E-state index contributed by atoms with van der Waals surface area (Å²) in [6.45, 7) is 5.42. The van der Waals surface area contributed by atoms with Crippen molar-refractivity contribution in [3.63, 3.8) is 0 Å². The highest BCUT2D eigenvalue weighted by atomic mass is 16.5. The molecule has 5 rings (SSSR count). The summed E-state index contributed by atoms with van der Waals surface area (Å²) in [7, 11) is 3.25. The number of rotatable bonds is 9. The number of ether oxygens (including phenoxy) is 3. The molecule has 0 aliphatic carbocycles. The second kappa shape index (κ2) is 12.2. The van der Waals surface area contributed by atoms with E-state index in [4.69, 9.17) is 24.5 Å². The molecule has 214 valence electrons. The van der Waals surface area contributed by atoms with Crippen LogP contribution in [-0.2, 0) is 19.4 Å². The second-order valence-corrected chi connectivity index (χ2v) is 10.2. The summed E-state index contributed by atoms with van der Waals surface area (Å²) in [5, 5.41) is 6.92. The summed E-state index contributed by atoms with van der Waals surface area (Å²) in [6, 6.07) is 17.4. The predicted octanol–water partition coefficient (Wildman–Crippen LogP) is 5.37. The first-order valence-electron chi connectivity index (χ1n) is 13.6. The van der Waals surface area contributed by atoms with Crippen molar-refractivity contribution < 1.29 is 23.5 Å². The van der Waals surface area contributed by atoms with Gasteiger partial charge in [0, 0.05) is 19.0 Å². The number of nitrogen functional groups attached to an aromatic ring is 1. The Balaban J connectivity index is 1.44. The predicted molar refractivity (Wildman–Crippen MR) is 157 cm³/mol. The van der Waals surface area contributed by atoms with Crippen LogP contribution in [0.2, 0.25) is 0 Å². The molecule has 0 fully saturated rings. The minimum Gasteiger partial charge on any atom is -0.495 e. The zero-order valence-electron chi connectivity index (χ0n) is 23.9. The Morgan fingerprint density at radius 3 is 2.56 bits per heavy atom. The Labute approximate surface area is 240 Å². The van der Waals surface area contributed by atoms with E-state index in [9.17, 15) is 4.79 Å². The van der Waals surface area contributed by atoms with Crippen LogP contribution in [-0.4, -0.2) is 43.5 Å². The molecule has 1 aliphatic rings. The van der Waals surface area contributed by atoms with Crippen LogP contribution in [0, 0.1) is 13.8 Å². The molecule has 0 saturated heterocycles. The summed E-state index contributed by atoms with van der Waals surface area (Å²) >= 11 is 0. The van der Waals surface area contributed by atoms with E-state index in [0.29, 0.717) is 54.6 Å². The third kappa shape index (κ3) is 6.09. The molecular formula is C32H36N4O5. The average molecular weight is 557 g/mol. The number of aromatic nitrogens is 1. The number of urea groups is 1. The van der Waals surface area contributed by atoms with Gasteiger partial charge in [-0.15, -0.1) is 0 Å². The number of nitrogens with two attached hydrogens (primary N) is 1. The first kappa shape index (κ1) is 27.9. The summed E-state index contributed by atoms with van der Waals surface area (Å²) < 4.78 is 22.2. The van der Waals surface area contributed by atoms with E-state index in [1.807, 2.05) is 35.2 Å². The number of nitrogens with zero attached hydrogens (tertiary/aromatic N) is 2. The van der Waals surface area contributed by atoms with Crippen molar-refractivity contribution in [1.29, 1.82) is 0 Å². The van der Waals surface area contributed by atoms with Crippen LogP contribution in [0.4, 0.5) is 10.5 Å². The van der Waals surface area contributed by atoms with E-state index in [0.717, 1.165) is 27.8 Å². The van der Waals surface area contributed by atoms with Gasteiger partial charge in [0.15, 0.2) is 11.5 Å². The number of amides is 2. The normalized spacial score (nSPS) is 14.3. The van der Waals surface area contributed by atoms with Crippen LogP contribution in [0.5, 0.6) is 17.2 Å². The average Bonchev–Trinajstić information content (AvgIpc) is 3.49. The van der Waals surface area contributed by atoms with Crippen LogP contribution < -0.4 is 25.3 Å². The Bertz CT molecular complexity index is 1520. The first-order chi connectivity index (χ1) is 19.9. The van der Waals surface area contributed by atoms with Crippen LogP contribution in [0.15, 0.2) is 65.4 Å². The molecule has 1 unspecified atom stereocenters. The number of hydrogen-bond acceptors (Lipinski definition) is 7. The quantitative estimate of drug-likeness (QED) is 0.267. The largest absolute Gasteiger partial charge is 0.495 e. The molecule has 9 heteroatoms. The monoisotopic (exact) mass is 556 g/mol. The molecular weight excluding hydrogens is 520 g/mol. The van der Waals surface area contributed by atoms with Crippen molar-refractivity contribution in [3.05, 3.63) is 99.9 Å². The topological polar surface area (TPSA) is 112 Å². The van der Waals surface area contributed by atoms with Gasteiger partial charge in [-0.3, -0.25) is 0 Å². The number of hydrogen-bond donors (Lipinski definition) is 2. The summed E-state index contributed by atoms with van der Waals surface area (Å²) in [4.78, 5) is 15.4. The van der Waals surface area contributed by atoms with Crippen molar-refractivity contribution in [2.45, 2.75) is 39.3 Å². The number of fused-ring (bicyclic) bond motifs is 1. The van der Waals surface area contributed by atoms with Crippen LogP contribution in [0.3, 0.4) is 0 Å². The zero-order chi connectivity index (χ0) is 28.9. The summed E-state index contributed by atoms with van der Waals surface area (Å²) in [5.74, 6) is 1.95. The molecule has 9 nitrogen and oxygen atoms in total. The molecule has 1 aliphatic heterocycles. The molecule has 3 aromatic carbocycles. The lowest BCUT2D eigenvalue weighted by molar-refractivity contribution is 0.179. The number of carbonyl (C=O) groups is 1. The standard InChI is InChI=1S/C32H36N4O5/c1-20-5-7-25(21(2)15-20)31-26-18-30(40-13-10-22-6-8-28(38-3)27(33)16-22)29(39-4)17-23(26)9-12-36(31)32(37)34-19-24-11-14-41-35-24/h5-8,11,14-18,31H,9-10,12-13,19,33H2,1-4H3,(H,34,37). The van der Waals surface area contributed by atoms with E-state index < -0.39 is 0 Å². The molecule has 0 saturated carbocycles. The fourth-order valence-corrected chi connectivity index (χ4v) is 5.40. The highest BCUT2D eigenvalue weighted by molar-refractivity contribution is 5.76. The molecule has 41 heavy (non-hydrogen) atoms. The number of methoxy groups -OCH3 is 2. The molecule has 0 radical (unpaired) electrons. The number of carbonyl (C=O) groups excluding carboxylic acids is 1. The van der Waals surface area contributed by atoms with Gasteiger partial charge < -0.3 is 34.7 Å². The van der Waals surface area contributed by atoms with E-state index in [2.05, 4.69) is 42.5 Å². The van der Waals surface area contributed by atoms with Crippen molar-refractivity contribution in [1.82, 2.24) is 15.4 Å². The maximum absolute atomic E-state index is 13.6. The van der Waals surface area contributed by atoms with Crippen LogP contribution in [0.1, 0.15) is 45.1 Å². The summed E-state index contributed by atoms with van der Waals surface area (Å²) in [6.07, 6.45) is 2.84. The molecule has 4 aromatic rings. The smallest absolute Gasteiger partial charge is 0.318 e. The van der Waals surface area contributed by atoms with Gasteiger partial charge in [-0.1, -0.05) is 35.0 Å². The minimum absolute atomic E-state index is 0.168. The second-order valence-electron chi connectivity index (χ2n) is 10.2. The molecule has 2 amide bonds. The Hall–Kier alpha value is -4.66. The number of aryl methyl sites for hydroxylation is 2. The zero-order valence-corrected chi connectivity index (χ0v) is 23.9. The highest BCUT2D eigenvalue weighted by Gasteiger charge is 2.34. The van der Waals surface area contributed by atoms with Gasteiger partial charge in [-0.05, 0) is 72.4 Å². The van der Waals surface area contributed by atoms with Crippen LogP contribution >= 0.6 is 0 Å². The first-order valence-corrected chi connectivity index (χ1v) is 13.6. The van der Waals surface area contributed by atoms with Crippen molar-refractivity contribution in [3.8, 4) is 17.2 Å². The van der Waals surface area contributed by atoms with Gasteiger partial charge in [-0.25, -0.2) is 4.79 Å². The molecule has 0 bridgehead atoms. The lowest BCUT2D eigenvalue weighted by Crippen LogP contribution is -2.46.